The van der Waals surface area contributed by atoms with E-state index in [9.17, 15) is 19.1 Å². The lowest BCUT2D eigenvalue weighted by atomic mass is 9.97. The quantitative estimate of drug-likeness (QED) is 0.715. The summed E-state index contributed by atoms with van der Waals surface area (Å²) in [6.07, 6.45) is 0.938. The van der Waals surface area contributed by atoms with Crippen molar-refractivity contribution in [2.75, 3.05) is 6.61 Å². The van der Waals surface area contributed by atoms with Crippen LogP contribution in [-0.2, 0) is 20.7 Å². The average Bonchev–Trinajstić information content (AvgIpc) is 2.44. The predicted octanol–water partition coefficient (Wildman–Crippen LogP) is 3.17. The van der Waals surface area contributed by atoms with Gasteiger partial charge in [0.2, 0.25) is 5.91 Å². The topological polar surface area (TPSA) is 75.6 Å². The first-order valence-corrected chi connectivity index (χ1v) is 8.47. The lowest BCUT2D eigenvalue weighted by Gasteiger charge is -2.22. The van der Waals surface area contributed by atoms with Gasteiger partial charge in [0.25, 0.3) is 0 Å². The van der Waals surface area contributed by atoms with Crippen molar-refractivity contribution < 1.29 is 23.8 Å². The maximum absolute atomic E-state index is 13.2. The highest BCUT2D eigenvalue weighted by Gasteiger charge is 2.22. The van der Waals surface area contributed by atoms with E-state index in [4.69, 9.17) is 4.74 Å². The van der Waals surface area contributed by atoms with E-state index in [2.05, 4.69) is 5.32 Å². The Labute approximate surface area is 148 Å². The normalized spacial score (nSPS) is 14.0. The second-order valence-electron chi connectivity index (χ2n) is 7.35. The third-order valence-electron chi connectivity index (χ3n) is 3.58. The Kier molecular flexibility index (Phi) is 8.03. The highest BCUT2D eigenvalue weighted by molar-refractivity contribution is 5.83. The van der Waals surface area contributed by atoms with E-state index in [1.165, 1.54) is 12.1 Å². The maximum atomic E-state index is 13.2. The fourth-order valence-electron chi connectivity index (χ4n) is 2.45. The standard InChI is InChI=1S/C19H28FNO4/c1-13(10-14-6-5-7-15(20)12-14)11-17(22)21-16(18(23)24)8-9-25-19(2,3)4/h5-7,12-13,16H,8-11H2,1-4H3,(H,21,22)(H,23,24). The monoisotopic (exact) mass is 353 g/mol. The van der Waals surface area contributed by atoms with Crippen molar-refractivity contribution in [3.05, 3.63) is 35.6 Å². The zero-order valence-electron chi connectivity index (χ0n) is 15.3. The molecular formula is C19H28FNO4. The third kappa shape index (κ3) is 9.19. The second-order valence-corrected chi connectivity index (χ2v) is 7.35. The number of carbonyl (C=O) groups excluding carboxylic acids is 1. The number of benzene rings is 1. The number of aliphatic carboxylic acids is 1. The van der Waals surface area contributed by atoms with Crippen LogP contribution in [0.3, 0.4) is 0 Å². The summed E-state index contributed by atoms with van der Waals surface area (Å²) in [5, 5.41) is 11.8. The number of carbonyl (C=O) groups is 2. The second kappa shape index (κ2) is 9.51. The van der Waals surface area contributed by atoms with E-state index < -0.39 is 12.0 Å². The lowest BCUT2D eigenvalue weighted by Crippen LogP contribution is -2.42. The van der Waals surface area contributed by atoms with E-state index in [0.29, 0.717) is 6.42 Å². The summed E-state index contributed by atoms with van der Waals surface area (Å²) in [5.41, 5.74) is 0.459. The molecule has 0 saturated heterocycles. The summed E-state index contributed by atoms with van der Waals surface area (Å²) in [6, 6.07) is 5.28. The predicted molar refractivity (Wildman–Crippen MR) is 93.8 cm³/mol. The summed E-state index contributed by atoms with van der Waals surface area (Å²) < 4.78 is 18.7. The van der Waals surface area contributed by atoms with Crippen molar-refractivity contribution in [2.45, 2.75) is 58.6 Å². The van der Waals surface area contributed by atoms with E-state index >= 15 is 0 Å². The van der Waals surface area contributed by atoms with Gasteiger partial charge in [0, 0.05) is 19.4 Å². The van der Waals surface area contributed by atoms with Crippen LogP contribution in [0.25, 0.3) is 0 Å². The molecule has 0 bridgehead atoms. The van der Waals surface area contributed by atoms with Gasteiger partial charge in [-0.25, -0.2) is 9.18 Å². The Morgan fingerprint density at radius 3 is 2.56 bits per heavy atom. The molecule has 0 aliphatic heterocycles. The molecule has 5 nitrogen and oxygen atoms in total. The Bertz CT molecular complexity index is 583. The van der Waals surface area contributed by atoms with Gasteiger partial charge in [-0.2, -0.15) is 0 Å². The van der Waals surface area contributed by atoms with Crippen LogP contribution in [0, 0.1) is 11.7 Å². The molecule has 0 heterocycles. The highest BCUT2D eigenvalue weighted by atomic mass is 19.1. The summed E-state index contributed by atoms with van der Waals surface area (Å²) in [4.78, 5) is 23.4. The van der Waals surface area contributed by atoms with E-state index in [1.807, 2.05) is 27.7 Å². The summed E-state index contributed by atoms with van der Waals surface area (Å²) in [7, 11) is 0. The van der Waals surface area contributed by atoms with E-state index in [0.717, 1.165) is 5.56 Å². The van der Waals surface area contributed by atoms with Crippen molar-refractivity contribution in [3.63, 3.8) is 0 Å². The van der Waals surface area contributed by atoms with Crippen LogP contribution in [0.15, 0.2) is 24.3 Å². The van der Waals surface area contributed by atoms with Gasteiger partial charge in [-0.15, -0.1) is 0 Å². The molecule has 0 aliphatic rings. The summed E-state index contributed by atoms with van der Waals surface area (Å²) in [5.74, 6) is -1.74. The number of carboxylic acids is 1. The molecule has 25 heavy (non-hydrogen) atoms. The third-order valence-corrected chi connectivity index (χ3v) is 3.58. The number of carboxylic acid groups (broad SMARTS) is 1. The van der Waals surface area contributed by atoms with Gasteiger partial charge in [0.05, 0.1) is 5.60 Å². The SMILES string of the molecule is CC(CC(=O)NC(CCOC(C)(C)C)C(=O)O)Cc1cccc(F)c1. The molecule has 0 saturated carbocycles. The summed E-state index contributed by atoms with van der Waals surface area (Å²) >= 11 is 0. The minimum Gasteiger partial charge on any atom is -0.480 e. The number of ether oxygens (including phenoxy) is 1. The Balaban J connectivity index is 2.47. The Morgan fingerprint density at radius 1 is 1.32 bits per heavy atom. The van der Waals surface area contributed by atoms with Gasteiger partial charge < -0.3 is 15.2 Å². The number of hydrogen-bond acceptors (Lipinski definition) is 3. The number of rotatable bonds is 9. The van der Waals surface area contributed by atoms with Crippen LogP contribution in [0.5, 0.6) is 0 Å². The molecule has 1 rings (SSSR count). The molecule has 0 aromatic heterocycles. The smallest absolute Gasteiger partial charge is 0.326 e. The zero-order valence-corrected chi connectivity index (χ0v) is 15.3. The van der Waals surface area contributed by atoms with Gasteiger partial charge in [-0.3, -0.25) is 4.79 Å². The molecule has 0 spiro atoms. The summed E-state index contributed by atoms with van der Waals surface area (Å²) in [6.45, 7) is 7.78. The molecule has 2 atom stereocenters. The fraction of sp³-hybridized carbons (Fsp3) is 0.579. The Hall–Kier alpha value is -1.95. The molecule has 0 fully saturated rings. The fourth-order valence-corrected chi connectivity index (χ4v) is 2.45. The van der Waals surface area contributed by atoms with Crippen molar-refractivity contribution >= 4 is 11.9 Å². The van der Waals surface area contributed by atoms with Crippen molar-refractivity contribution in [1.29, 1.82) is 0 Å². The average molecular weight is 353 g/mol. The molecule has 1 aromatic rings. The van der Waals surface area contributed by atoms with Gasteiger partial charge in [-0.1, -0.05) is 19.1 Å². The van der Waals surface area contributed by atoms with Crippen molar-refractivity contribution in [2.24, 2.45) is 5.92 Å². The van der Waals surface area contributed by atoms with Gasteiger partial charge >= 0.3 is 5.97 Å². The first-order valence-electron chi connectivity index (χ1n) is 8.47. The van der Waals surface area contributed by atoms with Crippen LogP contribution in [0.4, 0.5) is 4.39 Å². The molecule has 2 N–H and O–H groups in total. The van der Waals surface area contributed by atoms with Crippen LogP contribution in [-0.4, -0.2) is 35.2 Å². The first kappa shape index (κ1) is 21.1. The highest BCUT2D eigenvalue weighted by Crippen LogP contribution is 2.13. The molecular weight excluding hydrogens is 325 g/mol. The lowest BCUT2D eigenvalue weighted by molar-refractivity contribution is -0.143. The molecule has 6 heteroatoms. The number of halogens is 1. The van der Waals surface area contributed by atoms with Gasteiger partial charge in [0.1, 0.15) is 11.9 Å². The van der Waals surface area contributed by atoms with Crippen LogP contribution < -0.4 is 5.32 Å². The number of hydrogen-bond donors (Lipinski definition) is 2. The molecule has 1 aromatic carbocycles. The maximum Gasteiger partial charge on any atom is 0.326 e. The first-order chi connectivity index (χ1) is 11.6. The minimum absolute atomic E-state index is 0.0259. The Morgan fingerprint density at radius 2 is 2.00 bits per heavy atom. The molecule has 0 radical (unpaired) electrons. The molecule has 0 aliphatic carbocycles. The zero-order chi connectivity index (χ0) is 19.0. The largest absolute Gasteiger partial charge is 0.480 e. The van der Waals surface area contributed by atoms with Crippen LogP contribution in [0.1, 0.15) is 46.1 Å². The van der Waals surface area contributed by atoms with Crippen LogP contribution in [0.2, 0.25) is 0 Å². The van der Waals surface area contributed by atoms with Crippen LogP contribution >= 0.6 is 0 Å². The molecule has 1 amide bonds. The molecule has 2 unspecified atom stereocenters. The molecule has 140 valence electrons. The van der Waals surface area contributed by atoms with Crippen molar-refractivity contribution in [3.8, 4) is 0 Å². The minimum atomic E-state index is -1.08. The number of amides is 1. The van der Waals surface area contributed by atoms with Crippen molar-refractivity contribution in [1.82, 2.24) is 5.32 Å². The number of nitrogens with one attached hydrogen (secondary N) is 1. The van der Waals surface area contributed by atoms with Gasteiger partial charge in [0.15, 0.2) is 0 Å². The van der Waals surface area contributed by atoms with E-state index in [1.54, 1.807) is 12.1 Å². The van der Waals surface area contributed by atoms with Gasteiger partial charge in [-0.05, 0) is 50.8 Å². The van der Waals surface area contributed by atoms with E-state index in [-0.39, 0.29) is 42.7 Å².